The molecular weight excluding hydrogens is 374 g/mol. The molecule has 1 amide bonds. The predicted molar refractivity (Wildman–Crippen MR) is 106 cm³/mol. The fourth-order valence-electron chi connectivity index (χ4n) is 4.04. The van der Waals surface area contributed by atoms with Gasteiger partial charge >= 0.3 is 0 Å². The number of H-pyrrole nitrogens is 1. The number of nitrogens with zero attached hydrogens (tertiary/aromatic N) is 1. The molecule has 0 aliphatic carbocycles. The maximum absolute atomic E-state index is 14.4. The van der Waals surface area contributed by atoms with Crippen molar-refractivity contribution in [3.63, 3.8) is 0 Å². The quantitative estimate of drug-likeness (QED) is 0.650. The number of halogens is 2. The number of hydrogen-bond acceptors (Lipinski definition) is 2. The molecule has 0 saturated carbocycles. The molecule has 2 heterocycles. The van der Waals surface area contributed by atoms with Gasteiger partial charge in [-0.2, -0.15) is 0 Å². The number of terminal acetylenes is 1. The van der Waals surface area contributed by atoms with E-state index in [-0.39, 0.29) is 5.52 Å². The van der Waals surface area contributed by atoms with E-state index < -0.39 is 29.2 Å². The molecule has 1 unspecified atom stereocenters. The van der Waals surface area contributed by atoms with E-state index in [1.165, 1.54) is 6.07 Å². The van der Waals surface area contributed by atoms with Crippen molar-refractivity contribution in [2.75, 3.05) is 6.54 Å². The highest BCUT2D eigenvalue weighted by molar-refractivity contribution is 5.94. The Balaban J connectivity index is 1.91. The van der Waals surface area contributed by atoms with Gasteiger partial charge in [0.15, 0.2) is 0 Å². The Hall–Kier alpha value is -3.17. The Labute approximate surface area is 167 Å². The Bertz CT molecular complexity index is 1150. The molecule has 0 fully saturated rings. The van der Waals surface area contributed by atoms with Gasteiger partial charge in [0.2, 0.25) is 0 Å². The fourth-order valence-corrected chi connectivity index (χ4v) is 4.04. The van der Waals surface area contributed by atoms with Gasteiger partial charge in [-0.05, 0) is 48.9 Å². The van der Waals surface area contributed by atoms with Gasteiger partial charge in [0, 0.05) is 23.7 Å². The van der Waals surface area contributed by atoms with E-state index in [1.807, 2.05) is 12.1 Å². The molecule has 148 valence electrons. The smallest absolute Gasteiger partial charge is 0.299 e. The van der Waals surface area contributed by atoms with Crippen LogP contribution in [0.3, 0.4) is 0 Å². The number of carbonyl (C=O) groups excluding carboxylic acids is 1. The molecule has 6 heteroatoms. The van der Waals surface area contributed by atoms with Crippen LogP contribution >= 0.6 is 0 Å². The normalized spacial score (nSPS) is 16.6. The summed E-state index contributed by atoms with van der Waals surface area (Å²) in [7, 11) is 0. The SMILES string of the molecule is C#CC(=O)N1CCc2c([nH]c3c(F)cc(F)cc23)C1c1ccc(C(C)(C)O)cc1. The van der Waals surface area contributed by atoms with Gasteiger partial charge in [0.1, 0.15) is 11.6 Å². The van der Waals surface area contributed by atoms with Gasteiger partial charge in [-0.25, -0.2) is 8.78 Å². The lowest BCUT2D eigenvalue weighted by molar-refractivity contribution is -0.127. The number of rotatable bonds is 2. The number of nitrogens with one attached hydrogen (secondary N) is 1. The first-order chi connectivity index (χ1) is 13.7. The summed E-state index contributed by atoms with van der Waals surface area (Å²) in [6.45, 7) is 3.70. The highest BCUT2D eigenvalue weighted by Crippen LogP contribution is 2.39. The van der Waals surface area contributed by atoms with Crippen LogP contribution in [0.4, 0.5) is 8.78 Å². The topological polar surface area (TPSA) is 56.3 Å². The molecule has 2 N–H and O–H groups in total. The van der Waals surface area contributed by atoms with Crippen molar-refractivity contribution in [1.29, 1.82) is 0 Å². The third-order valence-corrected chi connectivity index (χ3v) is 5.47. The zero-order valence-electron chi connectivity index (χ0n) is 16.1. The number of amides is 1. The average Bonchev–Trinajstić information content (AvgIpc) is 3.05. The molecule has 1 aliphatic rings. The van der Waals surface area contributed by atoms with Crippen LogP contribution in [-0.2, 0) is 16.8 Å². The molecule has 0 saturated heterocycles. The minimum absolute atomic E-state index is 0.213. The largest absolute Gasteiger partial charge is 0.386 e. The highest BCUT2D eigenvalue weighted by Gasteiger charge is 2.34. The van der Waals surface area contributed by atoms with Crippen molar-refractivity contribution in [3.05, 3.63) is 70.4 Å². The van der Waals surface area contributed by atoms with Crippen LogP contribution in [0.15, 0.2) is 36.4 Å². The van der Waals surface area contributed by atoms with Crippen molar-refractivity contribution < 1.29 is 18.7 Å². The first kappa shape index (κ1) is 19.2. The third kappa shape index (κ3) is 3.18. The fraction of sp³-hybridized carbons (Fsp3) is 0.261. The van der Waals surface area contributed by atoms with Crippen LogP contribution in [0.2, 0.25) is 0 Å². The molecule has 29 heavy (non-hydrogen) atoms. The van der Waals surface area contributed by atoms with E-state index in [2.05, 4.69) is 10.9 Å². The molecule has 4 rings (SSSR count). The molecule has 4 nitrogen and oxygen atoms in total. The number of fused-ring (bicyclic) bond motifs is 3. The van der Waals surface area contributed by atoms with Gasteiger partial charge in [0.05, 0.1) is 17.2 Å². The van der Waals surface area contributed by atoms with Crippen molar-refractivity contribution >= 4 is 16.8 Å². The monoisotopic (exact) mass is 394 g/mol. The maximum Gasteiger partial charge on any atom is 0.299 e. The minimum Gasteiger partial charge on any atom is -0.386 e. The summed E-state index contributed by atoms with van der Waals surface area (Å²) >= 11 is 0. The summed E-state index contributed by atoms with van der Waals surface area (Å²) in [4.78, 5) is 17.0. The summed E-state index contributed by atoms with van der Waals surface area (Å²) < 4.78 is 28.2. The van der Waals surface area contributed by atoms with E-state index in [0.717, 1.165) is 22.8 Å². The molecule has 2 aromatic carbocycles. The summed E-state index contributed by atoms with van der Waals surface area (Å²) in [5.74, 6) is 0.351. The average molecular weight is 394 g/mol. The molecule has 1 atom stereocenters. The zero-order valence-corrected chi connectivity index (χ0v) is 16.1. The van der Waals surface area contributed by atoms with Gasteiger partial charge in [0.25, 0.3) is 5.91 Å². The summed E-state index contributed by atoms with van der Waals surface area (Å²) in [5, 5.41) is 10.7. The van der Waals surface area contributed by atoms with E-state index in [1.54, 1.807) is 30.9 Å². The summed E-state index contributed by atoms with van der Waals surface area (Å²) in [5.41, 5.74) is 2.08. The van der Waals surface area contributed by atoms with E-state index in [0.29, 0.717) is 24.0 Å². The second kappa shape index (κ2) is 6.71. The molecule has 0 spiro atoms. The molecular formula is C23H20F2N2O2. The highest BCUT2D eigenvalue weighted by atomic mass is 19.1. The van der Waals surface area contributed by atoms with Gasteiger partial charge in [-0.15, -0.1) is 6.42 Å². The third-order valence-electron chi connectivity index (χ3n) is 5.47. The Morgan fingerprint density at radius 2 is 1.97 bits per heavy atom. The summed E-state index contributed by atoms with van der Waals surface area (Å²) in [6, 6.07) is 8.77. The van der Waals surface area contributed by atoms with E-state index >= 15 is 0 Å². The van der Waals surface area contributed by atoms with Crippen LogP contribution in [0.25, 0.3) is 10.9 Å². The second-order valence-electron chi connectivity index (χ2n) is 7.80. The minimum atomic E-state index is -1.01. The lowest BCUT2D eigenvalue weighted by Gasteiger charge is -2.35. The number of carbonyl (C=O) groups is 1. The van der Waals surface area contributed by atoms with Crippen LogP contribution in [0.5, 0.6) is 0 Å². The maximum atomic E-state index is 14.4. The lowest BCUT2D eigenvalue weighted by atomic mass is 9.90. The Morgan fingerprint density at radius 1 is 1.28 bits per heavy atom. The van der Waals surface area contributed by atoms with Crippen molar-refractivity contribution in [1.82, 2.24) is 9.88 Å². The van der Waals surface area contributed by atoms with Crippen molar-refractivity contribution in [2.45, 2.75) is 31.9 Å². The van der Waals surface area contributed by atoms with E-state index in [9.17, 15) is 18.7 Å². The van der Waals surface area contributed by atoms with E-state index in [4.69, 9.17) is 6.42 Å². The molecule has 0 bridgehead atoms. The number of aliphatic hydroxyl groups is 1. The zero-order chi connectivity index (χ0) is 20.9. The molecule has 3 aromatic rings. The second-order valence-corrected chi connectivity index (χ2v) is 7.80. The van der Waals surface area contributed by atoms with Gasteiger partial charge in [-0.1, -0.05) is 24.3 Å². The number of aromatic amines is 1. The first-order valence-corrected chi connectivity index (χ1v) is 9.30. The van der Waals surface area contributed by atoms with Crippen molar-refractivity contribution in [3.8, 4) is 12.3 Å². The number of aromatic nitrogens is 1. The molecule has 0 radical (unpaired) electrons. The van der Waals surface area contributed by atoms with Crippen LogP contribution in [-0.4, -0.2) is 27.4 Å². The first-order valence-electron chi connectivity index (χ1n) is 9.30. The number of hydrogen-bond donors (Lipinski definition) is 2. The van der Waals surface area contributed by atoms with Crippen LogP contribution < -0.4 is 0 Å². The lowest BCUT2D eigenvalue weighted by Crippen LogP contribution is -2.40. The van der Waals surface area contributed by atoms with Gasteiger partial charge < -0.3 is 15.0 Å². The Morgan fingerprint density at radius 3 is 2.59 bits per heavy atom. The standard InChI is InChI=1S/C23H20F2N2O2/c1-4-19(28)27-10-9-16-17-11-15(24)12-18(25)20(17)26-21(16)22(27)13-5-7-14(8-6-13)23(2,3)29/h1,5-8,11-12,22,26,29H,9-10H2,2-3H3. The Kier molecular flexibility index (Phi) is 4.44. The molecule has 1 aliphatic heterocycles. The van der Waals surface area contributed by atoms with Gasteiger partial charge in [-0.3, -0.25) is 4.79 Å². The summed E-state index contributed by atoms with van der Waals surface area (Å²) in [6.07, 6.45) is 5.80. The van der Waals surface area contributed by atoms with Crippen molar-refractivity contribution in [2.24, 2.45) is 0 Å². The molecule has 1 aromatic heterocycles. The van der Waals surface area contributed by atoms with Crippen LogP contribution in [0.1, 0.15) is 42.3 Å². The van der Waals surface area contributed by atoms with Crippen LogP contribution in [0, 0.1) is 24.0 Å². The number of benzene rings is 2. The predicted octanol–water partition coefficient (Wildman–Crippen LogP) is 3.78.